The van der Waals surface area contributed by atoms with Gasteiger partial charge in [-0.25, -0.2) is 13.1 Å². The topological polar surface area (TPSA) is 89.3 Å². The second-order valence-electron chi connectivity index (χ2n) is 5.46. The van der Waals surface area contributed by atoms with E-state index in [9.17, 15) is 18.5 Å². The van der Waals surface area contributed by atoms with Gasteiger partial charge in [0.1, 0.15) is 0 Å². The zero-order valence-electron chi connectivity index (χ0n) is 11.4. The van der Waals surface area contributed by atoms with Gasteiger partial charge in [0.2, 0.25) is 10.0 Å². The van der Waals surface area contributed by atoms with Gasteiger partial charge in [-0.15, -0.1) is 0 Å². The summed E-state index contributed by atoms with van der Waals surface area (Å²) in [5.41, 5.74) is -0.486. The Kier molecular flexibility index (Phi) is 4.32. The van der Waals surface area contributed by atoms with Crippen LogP contribution < -0.4 is 4.72 Å². The van der Waals surface area contributed by atoms with Crippen molar-refractivity contribution in [3.63, 3.8) is 0 Å². The van der Waals surface area contributed by atoms with Gasteiger partial charge in [-0.1, -0.05) is 26.8 Å². The molecule has 0 amide bonds. The van der Waals surface area contributed by atoms with Crippen molar-refractivity contribution in [1.29, 1.82) is 0 Å². The van der Waals surface area contributed by atoms with E-state index < -0.39 is 14.9 Å². The van der Waals surface area contributed by atoms with Crippen molar-refractivity contribution in [2.75, 3.05) is 0 Å². The molecule has 0 bridgehead atoms. The third-order valence-corrected chi connectivity index (χ3v) is 4.51. The minimum atomic E-state index is -3.75. The summed E-state index contributed by atoms with van der Waals surface area (Å²) >= 11 is 0. The number of non-ortho nitro benzene ring substituents is 1. The molecule has 1 rings (SSSR count). The molecule has 0 aromatic heterocycles. The molecular weight excluding hydrogens is 268 g/mol. The highest BCUT2D eigenvalue weighted by atomic mass is 32.2. The average molecular weight is 286 g/mol. The molecule has 106 valence electrons. The van der Waals surface area contributed by atoms with Crippen molar-refractivity contribution in [3.05, 3.63) is 34.4 Å². The van der Waals surface area contributed by atoms with Crippen molar-refractivity contribution in [2.24, 2.45) is 5.41 Å². The number of benzene rings is 1. The Balaban J connectivity index is 3.08. The standard InChI is InChI=1S/C12H18N2O4S/c1-9(12(2,3)4)13-19(17,18)11-7-5-6-10(8-11)14(15)16/h5-9,13H,1-4H3. The van der Waals surface area contributed by atoms with Crippen LogP contribution in [0.15, 0.2) is 29.2 Å². The van der Waals surface area contributed by atoms with Crippen LogP contribution in [0.3, 0.4) is 0 Å². The summed E-state index contributed by atoms with van der Waals surface area (Å²) in [6, 6.07) is 4.71. The van der Waals surface area contributed by atoms with E-state index in [1.54, 1.807) is 6.92 Å². The zero-order valence-corrected chi connectivity index (χ0v) is 12.2. The molecule has 1 atom stereocenters. The molecular formula is C12H18N2O4S. The van der Waals surface area contributed by atoms with E-state index in [2.05, 4.69) is 4.72 Å². The first kappa shape index (κ1) is 15.6. The molecule has 0 spiro atoms. The highest BCUT2D eigenvalue weighted by molar-refractivity contribution is 7.89. The number of hydrogen-bond donors (Lipinski definition) is 1. The van der Waals surface area contributed by atoms with Gasteiger partial charge in [-0.3, -0.25) is 10.1 Å². The first-order valence-electron chi connectivity index (χ1n) is 5.81. The Bertz CT molecular complexity index is 576. The van der Waals surface area contributed by atoms with Crippen LogP contribution in [-0.2, 0) is 10.0 Å². The molecule has 0 aliphatic carbocycles. The van der Waals surface area contributed by atoms with Crippen molar-refractivity contribution in [1.82, 2.24) is 4.72 Å². The van der Waals surface area contributed by atoms with E-state index >= 15 is 0 Å². The average Bonchev–Trinajstić information content (AvgIpc) is 2.27. The molecule has 0 saturated carbocycles. The van der Waals surface area contributed by atoms with E-state index in [0.717, 1.165) is 6.07 Å². The Hall–Kier alpha value is -1.47. The number of rotatable bonds is 4. The highest BCUT2D eigenvalue weighted by Gasteiger charge is 2.26. The van der Waals surface area contributed by atoms with Crippen LogP contribution in [-0.4, -0.2) is 19.4 Å². The van der Waals surface area contributed by atoms with Gasteiger partial charge in [0.25, 0.3) is 5.69 Å². The summed E-state index contributed by atoms with van der Waals surface area (Å²) in [6.07, 6.45) is 0. The molecule has 1 aromatic rings. The van der Waals surface area contributed by atoms with Crippen molar-refractivity contribution in [2.45, 2.75) is 38.6 Å². The lowest BCUT2D eigenvalue weighted by Gasteiger charge is -2.27. The van der Waals surface area contributed by atoms with Crippen LogP contribution in [0.2, 0.25) is 0 Å². The van der Waals surface area contributed by atoms with Gasteiger partial charge in [0, 0.05) is 18.2 Å². The minimum absolute atomic E-state index is 0.0993. The minimum Gasteiger partial charge on any atom is -0.258 e. The van der Waals surface area contributed by atoms with Crippen molar-refractivity contribution in [3.8, 4) is 0 Å². The number of nitro benzene ring substituents is 1. The third kappa shape index (κ3) is 4.00. The molecule has 7 heteroatoms. The highest BCUT2D eigenvalue weighted by Crippen LogP contribution is 2.22. The van der Waals surface area contributed by atoms with Gasteiger partial charge < -0.3 is 0 Å². The normalized spacial score (nSPS) is 14.1. The van der Waals surface area contributed by atoms with Crippen LogP contribution in [0, 0.1) is 15.5 Å². The third-order valence-electron chi connectivity index (χ3n) is 2.97. The van der Waals surface area contributed by atoms with Gasteiger partial charge >= 0.3 is 0 Å². The lowest BCUT2D eigenvalue weighted by atomic mass is 9.89. The monoisotopic (exact) mass is 286 g/mol. The summed E-state index contributed by atoms with van der Waals surface area (Å²) in [7, 11) is -3.75. The van der Waals surface area contributed by atoms with Crippen molar-refractivity contribution >= 4 is 15.7 Å². The van der Waals surface area contributed by atoms with E-state index in [-0.39, 0.29) is 22.0 Å². The Morgan fingerprint density at radius 3 is 2.37 bits per heavy atom. The number of nitro groups is 1. The summed E-state index contributed by atoms with van der Waals surface area (Å²) in [6.45, 7) is 7.49. The maximum Gasteiger partial charge on any atom is 0.270 e. The summed E-state index contributed by atoms with van der Waals surface area (Å²) < 4.78 is 26.8. The SMILES string of the molecule is CC(NS(=O)(=O)c1cccc([N+](=O)[O-])c1)C(C)(C)C. The van der Waals surface area contributed by atoms with Crippen molar-refractivity contribution < 1.29 is 13.3 Å². The first-order chi connectivity index (χ1) is 8.54. The second kappa shape index (κ2) is 5.26. The molecule has 0 radical (unpaired) electrons. The van der Waals surface area contributed by atoms with Gasteiger partial charge in [0.15, 0.2) is 0 Å². The Morgan fingerprint density at radius 2 is 1.89 bits per heavy atom. The maximum atomic E-state index is 12.1. The van der Waals surface area contributed by atoms with Crippen LogP contribution in [0.1, 0.15) is 27.7 Å². The van der Waals surface area contributed by atoms with Gasteiger partial charge in [0.05, 0.1) is 9.82 Å². The summed E-state index contributed by atoms with van der Waals surface area (Å²) in [5, 5.41) is 10.7. The fourth-order valence-corrected chi connectivity index (χ4v) is 2.73. The molecule has 19 heavy (non-hydrogen) atoms. The van der Waals surface area contributed by atoms with Gasteiger partial charge in [-0.2, -0.15) is 0 Å². The Morgan fingerprint density at radius 1 is 1.32 bits per heavy atom. The van der Waals surface area contributed by atoms with Crippen LogP contribution >= 0.6 is 0 Å². The molecule has 1 unspecified atom stereocenters. The molecule has 1 N–H and O–H groups in total. The molecule has 1 aromatic carbocycles. The largest absolute Gasteiger partial charge is 0.270 e. The second-order valence-corrected chi connectivity index (χ2v) is 7.18. The number of nitrogens with zero attached hydrogens (tertiary/aromatic N) is 1. The Labute approximate surface area is 113 Å². The molecule has 0 saturated heterocycles. The van der Waals surface area contributed by atoms with Crippen LogP contribution in [0.25, 0.3) is 0 Å². The fourth-order valence-electron chi connectivity index (χ4n) is 1.24. The lowest BCUT2D eigenvalue weighted by molar-refractivity contribution is -0.385. The van der Waals surface area contributed by atoms with E-state index in [0.29, 0.717) is 0 Å². The summed E-state index contributed by atoms with van der Waals surface area (Å²) in [4.78, 5) is 9.93. The van der Waals surface area contributed by atoms with E-state index in [1.165, 1.54) is 18.2 Å². The molecule has 0 aliphatic rings. The van der Waals surface area contributed by atoms with E-state index in [4.69, 9.17) is 0 Å². The predicted molar refractivity (Wildman–Crippen MR) is 72.3 cm³/mol. The molecule has 0 fully saturated rings. The van der Waals surface area contributed by atoms with E-state index in [1.807, 2.05) is 20.8 Å². The molecule has 0 heterocycles. The smallest absolute Gasteiger partial charge is 0.258 e. The van der Waals surface area contributed by atoms with Crippen LogP contribution in [0.5, 0.6) is 0 Å². The predicted octanol–water partition coefficient (Wildman–Crippen LogP) is 2.31. The zero-order chi connectivity index (χ0) is 14.8. The lowest BCUT2D eigenvalue weighted by Crippen LogP contribution is -2.41. The number of nitrogens with one attached hydrogen (secondary N) is 1. The first-order valence-corrected chi connectivity index (χ1v) is 7.29. The molecule has 0 aliphatic heterocycles. The van der Waals surface area contributed by atoms with Crippen LogP contribution in [0.4, 0.5) is 5.69 Å². The quantitative estimate of drug-likeness (QED) is 0.679. The fraction of sp³-hybridized carbons (Fsp3) is 0.500. The number of hydrogen-bond acceptors (Lipinski definition) is 4. The summed E-state index contributed by atoms with van der Waals surface area (Å²) in [5.74, 6) is 0. The maximum absolute atomic E-state index is 12.1. The molecule has 6 nitrogen and oxygen atoms in total. The number of sulfonamides is 1. The van der Waals surface area contributed by atoms with Gasteiger partial charge in [-0.05, 0) is 18.4 Å².